The van der Waals surface area contributed by atoms with E-state index in [1.54, 1.807) is 7.28 Å². The molecule has 0 amide bonds. The van der Waals surface area contributed by atoms with E-state index in [0.717, 1.165) is 25.8 Å². The van der Waals surface area contributed by atoms with Crippen LogP contribution in [0, 0.1) is 0 Å². The second-order valence-electron chi connectivity index (χ2n) is 6.71. The number of benzene rings is 4. The summed E-state index contributed by atoms with van der Waals surface area (Å²) in [7, 11) is 3.36. The number of aromatic nitrogens is 3. The van der Waals surface area contributed by atoms with E-state index in [9.17, 15) is 10.0 Å². The van der Waals surface area contributed by atoms with Gasteiger partial charge in [-0.15, -0.1) is 0 Å². The van der Waals surface area contributed by atoms with Crippen LogP contribution >= 0.6 is 0 Å². The molecule has 5 rings (SSSR count). The Bertz CT molecular complexity index is 1320. The number of nitrogens with zero attached hydrogens (tertiary/aromatic N) is 3. The van der Waals surface area contributed by atoms with E-state index in [4.69, 9.17) is 0 Å². The van der Waals surface area contributed by atoms with Gasteiger partial charge in [0.25, 0.3) is 0 Å². The summed E-state index contributed by atoms with van der Waals surface area (Å²) in [5, 5.41) is 25.6. The van der Waals surface area contributed by atoms with Gasteiger partial charge in [-0.3, -0.25) is 0 Å². The van der Waals surface area contributed by atoms with Crippen molar-refractivity contribution in [2.45, 2.75) is 0 Å². The topological polar surface area (TPSA) is 79.1 Å². The molecule has 3 radical (unpaired) electrons. The summed E-state index contributed by atoms with van der Waals surface area (Å²) < 4.78 is 0. The number of hydrogen-bond acceptors (Lipinski definition) is 5. The van der Waals surface area contributed by atoms with E-state index >= 15 is 0 Å². The molecule has 0 bridgehead atoms. The van der Waals surface area contributed by atoms with Crippen LogP contribution in [0.1, 0.15) is 0 Å². The van der Waals surface area contributed by atoms with Crippen LogP contribution in [-0.2, 0) is 0 Å². The Labute approximate surface area is 169 Å². The molecule has 0 atom stereocenters. The highest BCUT2D eigenvalue weighted by Crippen LogP contribution is 2.34. The maximum absolute atomic E-state index is 9.22. The highest BCUT2D eigenvalue weighted by atomic mass is 16.2. The molecule has 0 saturated carbocycles. The van der Waals surface area contributed by atoms with Gasteiger partial charge in [0.15, 0.2) is 0 Å². The van der Waals surface area contributed by atoms with Crippen molar-refractivity contribution in [2.24, 2.45) is 0 Å². The fourth-order valence-electron chi connectivity index (χ4n) is 3.77. The van der Waals surface area contributed by atoms with Crippen molar-refractivity contribution in [1.82, 2.24) is 15.0 Å². The lowest BCUT2D eigenvalue weighted by molar-refractivity contribution is 0.609. The third-order valence-electron chi connectivity index (χ3n) is 4.98. The fraction of sp³-hybridized carbons (Fsp3) is 0. The molecule has 0 aliphatic carbocycles. The summed E-state index contributed by atoms with van der Waals surface area (Å²) in [4.78, 5) is 12.2. The molecule has 8 heteroatoms. The maximum atomic E-state index is 9.22. The number of rotatable bonds is 4. The molecule has 133 valence electrons. The summed E-state index contributed by atoms with van der Waals surface area (Å²) >= 11 is 0. The largest absolute Gasteiger partial charge is 0.447 e. The van der Waals surface area contributed by atoms with Gasteiger partial charge < -0.3 is 10.0 Å². The third kappa shape index (κ3) is 3.16. The van der Waals surface area contributed by atoms with Crippen LogP contribution in [0.25, 0.3) is 32.3 Å². The monoisotopic (exact) mass is 372 g/mol. The molecule has 0 saturated heterocycles. The molecule has 0 spiro atoms. The third-order valence-corrected chi connectivity index (χ3v) is 4.98. The first-order valence-electron chi connectivity index (χ1n) is 9.16. The fourth-order valence-corrected chi connectivity index (χ4v) is 3.77. The second-order valence-corrected chi connectivity index (χ2v) is 6.71. The minimum atomic E-state index is 0.0868. The summed E-state index contributed by atoms with van der Waals surface area (Å²) in [6, 6.07) is 23.0. The van der Waals surface area contributed by atoms with Gasteiger partial charge in [0.2, 0.25) is 7.28 Å². The average molecular weight is 372 g/mol. The molecule has 1 aromatic heterocycles. The zero-order valence-corrected chi connectivity index (χ0v) is 15.3. The van der Waals surface area contributed by atoms with Crippen molar-refractivity contribution in [3.63, 3.8) is 0 Å². The lowest BCUT2D eigenvalue weighted by Crippen LogP contribution is -2.46. The molecule has 0 fully saturated rings. The molecule has 5 nitrogen and oxygen atoms in total. The van der Waals surface area contributed by atoms with Crippen molar-refractivity contribution in [1.29, 1.82) is 0 Å². The van der Waals surface area contributed by atoms with Gasteiger partial charge in [0.1, 0.15) is 11.4 Å². The van der Waals surface area contributed by atoms with Crippen molar-refractivity contribution in [2.75, 3.05) is 0 Å². The van der Waals surface area contributed by atoms with Crippen molar-refractivity contribution < 1.29 is 10.0 Å². The Hall–Kier alpha value is -3.22. The van der Waals surface area contributed by atoms with Crippen molar-refractivity contribution in [3.8, 4) is 0 Å². The summed E-state index contributed by atoms with van der Waals surface area (Å²) in [6.45, 7) is 0. The van der Waals surface area contributed by atoms with Crippen LogP contribution in [0.15, 0.2) is 66.7 Å². The molecule has 0 aliphatic rings. The maximum Gasteiger partial charge on any atom is 0.375 e. The van der Waals surface area contributed by atoms with Gasteiger partial charge >= 0.3 is 15.0 Å². The predicted molar refractivity (Wildman–Crippen MR) is 119 cm³/mol. The Morgan fingerprint density at radius 3 is 1.48 bits per heavy atom. The lowest BCUT2D eigenvalue weighted by Gasteiger charge is -2.11. The zero-order valence-electron chi connectivity index (χ0n) is 15.3. The van der Waals surface area contributed by atoms with Crippen LogP contribution in [0.4, 0.5) is 0 Å². The Balaban J connectivity index is 1.70. The van der Waals surface area contributed by atoms with Crippen LogP contribution in [0.2, 0.25) is 0 Å². The highest BCUT2D eigenvalue weighted by molar-refractivity contribution is 6.66. The van der Waals surface area contributed by atoms with E-state index in [-0.39, 0.29) is 11.4 Å². The molecular formula is C21H13B3N3O2. The van der Waals surface area contributed by atoms with E-state index < -0.39 is 0 Å². The molecule has 1 heterocycles. The highest BCUT2D eigenvalue weighted by Gasteiger charge is 2.12. The Kier molecular flexibility index (Phi) is 4.50. The van der Waals surface area contributed by atoms with E-state index in [1.165, 1.54) is 26.9 Å². The normalized spacial score (nSPS) is 11.1. The van der Waals surface area contributed by atoms with Crippen molar-refractivity contribution in [3.05, 3.63) is 66.7 Å². The first-order chi connectivity index (χ1) is 14.3. The molecule has 2 N–H and O–H groups in total. The van der Waals surface area contributed by atoms with Gasteiger partial charge in [-0.1, -0.05) is 72.2 Å². The smallest absolute Gasteiger partial charge is 0.375 e. The summed E-state index contributed by atoms with van der Waals surface area (Å²) in [6.07, 6.45) is 0. The van der Waals surface area contributed by atoms with Crippen LogP contribution < -0.4 is 22.6 Å². The molecule has 4 aromatic carbocycles. The minimum Gasteiger partial charge on any atom is -0.447 e. The molecule has 0 unspecified atom stereocenters. The van der Waals surface area contributed by atoms with E-state index in [0.29, 0.717) is 5.72 Å². The van der Waals surface area contributed by atoms with Gasteiger partial charge in [0.05, 0.1) is 5.72 Å². The number of fused-ring (bicyclic) bond motifs is 6. The quantitative estimate of drug-likeness (QED) is 0.328. The van der Waals surface area contributed by atoms with Crippen LogP contribution in [0.3, 0.4) is 0 Å². The molecule has 5 aromatic rings. The van der Waals surface area contributed by atoms with Gasteiger partial charge in [-0.2, -0.15) is 0 Å². The SMILES string of the molecule is O[B]c1nc([B]O)nc([B]c2ccc3c4ccccc4c4ccccc4c3c2)n1. The first kappa shape index (κ1) is 17.9. The summed E-state index contributed by atoms with van der Waals surface area (Å²) in [5.41, 5.74) is 1.44. The summed E-state index contributed by atoms with van der Waals surface area (Å²) in [5.74, 6) is 0. The molecule has 0 aliphatic heterocycles. The minimum absolute atomic E-state index is 0.0868. The predicted octanol–water partition coefficient (Wildman–Crippen LogP) is -0.540. The first-order valence-corrected chi connectivity index (χ1v) is 9.16. The van der Waals surface area contributed by atoms with E-state index in [2.05, 4.69) is 69.5 Å². The van der Waals surface area contributed by atoms with Gasteiger partial charge in [-0.05, 0) is 32.3 Å². The van der Waals surface area contributed by atoms with Gasteiger partial charge in [-0.25, -0.2) is 15.0 Å². The number of hydrogen-bond donors (Lipinski definition) is 2. The van der Waals surface area contributed by atoms with Crippen molar-refractivity contribution >= 4 is 77.2 Å². The molecular weight excluding hydrogens is 359 g/mol. The molecule has 29 heavy (non-hydrogen) atoms. The Morgan fingerprint density at radius 1 is 0.517 bits per heavy atom. The van der Waals surface area contributed by atoms with E-state index in [1.807, 2.05) is 12.1 Å². The lowest BCUT2D eigenvalue weighted by atomic mass is 9.68. The Morgan fingerprint density at radius 2 is 0.966 bits per heavy atom. The van der Waals surface area contributed by atoms with Crippen LogP contribution in [0.5, 0.6) is 0 Å². The zero-order chi connectivity index (χ0) is 19.8. The average Bonchev–Trinajstić information content (AvgIpc) is 2.79. The second kappa shape index (κ2) is 7.31. The van der Waals surface area contributed by atoms with Gasteiger partial charge in [0, 0.05) is 0 Å². The standard InChI is InChI=1S/C21H13B3N3O2/c28-23-20-25-19(26-21(24-29)27-20)22-12-9-10-17-15-7-2-1-5-13(15)14-6-3-4-8-16(14)18(17)11-12/h1-11,28-29H. The van der Waals surface area contributed by atoms with Crippen LogP contribution in [-0.4, -0.2) is 47.2 Å².